The fourth-order valence-electron chi connectivity index (χ4n) is 7.63. The fourth-order valence-corrected chi connectivity index (χ4v) is 7.63. The van der Waals surface area contributed by atoms with Gasteiger partial charge in [0.2, 0.25) is 0 Å². The summed E-state index contributed by atoms with van der Waals surface area (Å²) in [6.45, 7) is 5.62. The van der Waals surface area contributed by atoms with Crippen LogP contribution in [-0.4, -0.2) is 39.1 Å². The maximum atomic E-state index is 12.5. The van der Waals surface area contributed by atoms with E-state index in [1.807, 2.05) is 0 Å². The van der Waals surface area contributed by atoms with E-state index in [0.29, 0.717) is 44.1 Å². The molecule has 0 radical (unpaired) electrons. The minimum atomic E-state index is -1.25. The number of hydrogen-bond donors (Lipinski definition) is 3. The molecule has 4 saturated carbocycles. The van der Waals surface area contributed by atoms with Crippen molar-refractivity contribution in [2.75, 3.05) is 0 Å². The minimum absolute atomic E-state index is 0.211. The molecule has 0 saturated heterocycles. The second-order valence-corrected chi connectivity index (χ2v) is 9.41. The van der Waals surface area contributed by atoms with Crippen LogP contribution in [0, 0.1) is 34.0 Å². The first-order chi connectivity index (χ1) is 12.1. The predicted octanol–water partition coefficient (Wildman–Crippen LogP) is 2.25. The van der Waals surface area contributed by atoms with Crippen LogP contribution in [0.5, 0.6) is 0 Å². The van der Waals surface area contributed by atoms with Crippen LogP contribution in [-0.2, 0) is 14.4 Å². The summed E-state index contributed by atoms with van der Waals surface area (Å²) in [6, 6.07) is 0. The number of aliphatic carboxylic acids is 2. The molecule has 0 aromatic carbocycles. The average Bonchev–Trinajstić information content (AvgIpc) is 2.92. The van der Waals surface area contributed by atoms with Gasteiger partial charge in [-0.25, -0.2) is 0 Å². The van der Waals surface area contributed by atoms with Crippen molar-refractivity contribution in [2.24, 2.45) is 34.0 Å². The van der Waals surface area contributed by atoms with Crippen LogP contribution in [0.1, 0.15) is 51.9 Å². The molecule has 7 atom stereocenters. The lowest BCUT2D eigenvalue weighted by Gasteiger charge is -2.49. The monoisotopic (exact) mass is 362 g/mol. The average molecular weight is 362 g/mol. The number of rotatable bonds is 3. The highest BCUT2D eigenvalue weighted by atomic mass is 16.4. The Kier molecular flexibility index (Phi) is 3.39. The molecule has 0 aromatic heterocycles. The van der Waals surface area contributed by atoms with Crippen LogP contribution in [0.4, 0.5) is 0 Å². The van der Waals surface area contributed by atoms with E-state index in [1.54, 1.807) is 6.92 Å². The second kappa shape index (κ2) is 4.97. The molecule has 142 valence electrons. The van der Waals surface area contributed by atoms with E-state index in [2.05, 4.69) is 6.58 Å². The van der Waals surface area contributed by atoms with Crippen molar-refractivity contribution in [2.45, 2.75) is 57.5 Å². The molecule has 6 heteroatoms. The molecule has 4 rings (SSSR count). The number of aldehydes is 1. The second-order valence-electron chi connectivity index (χ2n) is 9.41. The van der Waals surface area contributed by atoms with Gasteiger partial charge in [0.15, 0.2) is 0 Å². The molecule has 1 spiro atoms. The van der Waals surface area contributed by atoms with E-state index < -0.39 is 45.6 Å². The Bertz CT molecular complexity index is 730. The SMILES string of the molecule is C=C1CC23C[C@@]1(O)CCC2[C@]1(C=O)CCCC(C)(C(=O)O)C1C3C(=O)O. The molecule has 4 aliphatic rings. The van der Waals surface area contributed by atoms with E-state index >= 15 is 0 Å². The van der Waals surface area contributed by atoms with Crippen molar-refractivity contribution in [3.8, 4) is 0 Å². The predicted molar refractivity (Wildman–Crippen MR) is 91.2 cm³/mol. The molecule has 4 fully saturated rings. The Balaban J connectivity index is 1.98. The van der Waals surface area contributed by atoms with Crippen LogP contribution in [0.25, 0.3) is 0 Å². The third-order valence-corrected chi connectivity index (χ3v) is 8.51. The summed E-state index contributed by atoms with van der Waals surface area (Å²) in [6.07, 6.45) is 4.04. The van der Waals surface area contributed by atoms with E-state index in [1.165, 1.54) is 0 Å². The molecule has 0 amide bonds. The quantitative estimate of drug-likeness (QED) is 0.524. The van der Waals surface area contributed by atoms with Crippen LogP contribution >= 0.6 is 0 Å². The van der Waals surface area contributed by atoms with Gasteiger partial charge in [-0.1, -0.05) is 13.0 Å². The maximum Gasteiger partial charge on any atom is 0.309 e. The van der Waals surface area contributed by atoms with Crippen LogP contribution < -0.4 is 0 Å². The molecule has 26 heavy (non-hydrogen) atoms. The number of carbonyl (C=O) groups is 3. The van der Waals surface area contributed by atoms with Crippen LogP contribution in [0.15, 0.2) is 12.2 Å². The summed E-state index contributed by atoms with van der Waals surface area (Å²) >= 11 is 0. The zero-order valence-electron chi connectivity index (χ0n) is 15.0. The molecule has 0 aliphatic heterocycles. The summed E-state index contributed by atoms with van der Waals surface area (Å²) in [5.74, 6) is -3.99. The van der Waals surface area contributed by atoms with Crippen molar-refractivity contribution in [3.05, 3.63) is 12.2 Å². The van der Waals surface area contributed by atoms with Gasteiger partial charge in [-0.3, -0.25) is 9.59 Å². The lowest BCUT2D eigenvalue weighted by atomic mass is 9.53. The number of carbonyl (C=O) groups excluding carboxylic acids is 1. The van der Waals surface area contributed by atoms with Gasteiger partial charge in [0.1, 0.15) is 6.29 Å². The molecule has 4 aliphatic carbocycles. The minimum Gasteiger partial charge on any atom is -0.481 e. The van der Waals surface area contributed by atoms with E-state index in [0.717, 1.165) is 6.29 Å². The van der Waals surface area contributed by atoms with Crippen LogP contribution in [0.2, 0.25) is 0 Å². The fraction of sp³-hybridized carbons (Fsp3) is 0.750. The highest BCUT2D eigenvalue weighted by Crippen LogP contribution is 2.77. The Morgan fingerprint density at radius 2 is 1.92 bits per heavy atom. The van der Waals surface area contributed by atoms with Gasteiger partial charge in [0, 0.05) is 11.3 Å². The summed E-state index contributed by atoms with van der Waals surface area (Å²) in [4.78, 5) is 37.1. The smallest absolute Gasteiger partial charge is 0.309 e. The molecule has 3 N–H and O–H groups in total. The Morgan fingerprint density at radius 1 is 1.23 bits per heavy atom. The summed E-state index contributed by atoms with van der Waals surface area (Å²) in [5.41, 5.74) is -3.41. The molecular weight excluding hydrogens is 336 g/mol. The molecular formula is C20H26O6. The topological polar surface area (TPSA) is 112 Å². The molecule has 6 nitrogen and oxygen atoms in total. The first-order valence-corrected chi connectivity index (χ1v) is 9.41. The third kappa shape index (κ3) is 1.74. The van der Waals surface area contributed by atoms with Gasteiger partial charge >= 0.3 is 11.9 Å². The first kappa shape index (κ1) is 17.7. The summed E-state index contributed by atoms with van der Waals surface area (Å²) < 4.78 is 0. The van der Waals surface area contributed by atoms with Gasteiger partial charge in [0.05, 0.1) is 16.9 Å². The van der Waals surface area contributed by atoms with Crippen molar-refractivity contribution >= 4 is 18.2 Å². The zero-order chi connectivity index (χ0) is 19.1. The van der Waals surface area contributed by atoms with Crippen molar-refractivity contribution in [3.63, 3.8) is 0 Å². The standard InChI is InChI=1S/C20H26O6/c1-11-8-19-9-20(11,26)7-4-12(19)18(10-21)6-3-5-17(2,16(24)25)14(18)13(19)15(22)23/h10,12-14,26H,1,3-9H2,2H3,(H,22,23)(H,24,25)/t12?,13?,14?,17?,18-,19?,20+/m1/s1. The first-order valence-electron chi connectivity index (χ1n) is 9.41. The van der Waals surface area contributed by atoms with Gasteiger partial charge < -0.3 is 20.1 Å². The molecule has 0 heterocycles. The summed E-state index contributed by atoms with van der Waals surface area (Å²) in [7, 11) is 0. The normalized spacial score (nSPS) is 52.2. The lowest BCUT2D eigenvalue weighted by Crippen LogP contribution is -2.52. The number of carboxylic acid groups (broad SMARTS) is 2. The number of hydrogen-bond acceptors (Lipinski definition) is 4. The Morgan fingerprint density at radius 3 is 2.50 bits per heavy atom. The summed E-state index contributed by atoms with van der Waals surface area (Å²) in [5, 5.41) is 31.1. The number of aliphatic hydroxyl groups is 1. The van der Waals surface area contributed by atoms with Gasteiger partial charge in [0.25, 0.3) is 0 Å². The Hall–Kier alpha value is -1.69. The number of fused-ring (bicyclic) bond motifs is 3. The highest BCUT2D eigenvalue weighted by molar-refractivity contribution is 5.82. The van der Waals surface area contributed by atoms with Crippen LogP contribution in [0.3, 0.4) is 0 Å². The van der Waals surface area contributed by atoms with Gasteiger partial charge in [-0.2, -0.15) is 0 Å². The Labute approximate surface area is 152 Å². The van der Waals surface area contributed by atoms with Gasteiger partial charge in [-0.05, 0) is 62.4 Å². The highest BCUT2D eigenvalue weighted by Gasteiger charge is 2.78. The number of carboxylic acids is 2. The molecule has 5 unspecified atom stereocenters. The lowest BCUT2D eigenvalue weighted by molar-refractivity contribution is -0.167. The largest absolute Gasteiger partial charge is 0.481 e. The van der Waals surface area contributed by atoms with E-state index in [4.69, 9.17) is 0 Å². The molecule has 0 aromatic rings. The van der Waals surface area contributed by atoms with Crippen molar-refractivity contribution < 1.29 is 29.7 Å². The molecule has 2 bridgehead atoms. The zero-order valence-corrected chi connectivity index (χ0v) is 15.0. The van der Waals surface area contributed by atoms with E-state index in [-0.39, 0.29) is 12.3 Å². The van der Waals surface area contributed by atoms with E-state index in [9.17, 15) is 29.7 Å². The maximum absolute atomic E-state index is 12.5. The van der Waals surface area contributed by atoms with Gasteiger partial charge in [-0.15, -0.1) is 0 Å². The van der Waals surface area contributed by atoms with Crippen molar-refractivity contribution in [1.82, 2.24) is 0 Å². The third-order valence-electron chi connectivity index (χ3n) is 8.51. The van der Waals surface area contributed by atoms with Crippen molar-refractivity contribution in [1.29, 1.82) is 0 Å².